The fraction of sp³-hybridized carbons (Fsp3) is 0.625. The van der Waals surface area contributed by atoms with Gasteiger partial charge in [-0.25, -0.2) is 0 Å². The van der Waals surface area contributed by atoms with Gasteiger partial charge in [-0.05, 0) is 25.0 Å². The highest BCUT2D eigenvalue weighted by Crippen LogP contribution is 2.61. The quantitative estimate of drug-likeness (QED) is 0.770. The lowest BCUT2D eigenvalue weighted by Gasteiger charge is -2.53. The number of hydrogen-bond acceptors (Lipinski definition) is 2. The van der Waals surface area contributed by atoms with E-state index < -0.39 is 16.1 Å². The van der Waals surface area contributed by atoms with Crippen molar-refractivity contribution in [2.45, 2.75) is 44.6 Å². The summed E-state index contributed by atoms with van der Waals surface area (Å²) in [5, 5.41) is 0. The van der Waals surface area contributed by atoms with Crippen LogP contribution in [0.2, 0.25) is 0 Å². The average Bonchev–Trinajstić information content (AvgIpc) is 2.26. The van der Waals surface area contributed by atoms with Crippen LogP contribution < -0.4 is 0 Å². The molecule has 0 bridgehead atoms. The van der Waals surface area contributed by atoms with Gasteiger partial charge in [-0.3, -0.25) is 4.18 Å². The molecule has 1 atom stereocenters. The van der Waals surface area contributed by atoms with Gasteiger partial charge in [0.1, 0.15) is 0 Å². The number of rotatable bonds is 4. The van der Waals surface area contributed by atoms with Crippen molar-refractivity contribution in [1.82, 2.24) is 0 Å². The number of fused-ring (bicyclic) bond motifs is 1. The molecular formula is C16H26O2S. The predicted molar refractivity (Wildman–Crippen MR) is 83.7 cm³/mol. The highest BCUT2D eigenvalue weighted by molar-refractivity contribution is 8.29. The second-order valence-corrected chi connectivity index (χ2v) is 10.3. The van der Waals surface area contributed by atoms with Crippen LogP contribution in [-0.2, 0) is 21.1 Å². The molecule has 0 saturated heterocycles. The zero-order chi connectivity index (χ0) is 14.3. The molecule has 0 saturated carbocycles. The highest BCUT2D eigenvalue weighted by atomic mass is 32.3. The Morgan fingerprint density at radius 2 is 1.84 bits per heavy atom. The first-order valence-corrected chi connectivity index (χ1v) is 9.25. The maximum atomic E-state index is 6.55. The fourth-order valence-electron chi connectivity index (χ4n) is 2.21. The molecule has 0 fully saturated rings. The van der Waals surface area contributed by atoms with Crippen LogP contribution in [0.25, 0.3) is 0 Å². The Labute approximate surface area is 119 Å². The maximum Gasteiger partial charge on any atom is 0.209 e. The van der Waals surface area contributed by atoms with Crippen molar-refractivity contribution >= 4 is 10.3 Å². The first-order chi connectivity index (χ1) is 8.72. The monoisotopic (exact) mass is 282 g/mol. The van der Waals surface area contributed by atoms with Crippen molar-refractivity contribution < 1.29 is 8.92 Å². The van der Waals surface area contributed by atoms with Crippen LogP contribution in [0.1, 0.15) is 38.8 Å². The molecule has 0 aliphatic heterocycles. The molecule has 3 heteroatoms. The fourth-order valence-corrected chi connectivity index (χ4v) is 3.33. The molecule has 1 aliphatic carbocycles. The zero-order valence-corrected chi connectivity index (χ0v) is 13.8. The van der Waals surface area contributed by atoms with Gasteiger partial charge in [-0.2, -0.15) is 0 Å². The second kappa shape index (κ2) is 4.80. The smallest absolute Gasteiger partial charge is 0.209 e. The topological polar surface area (TPSA) is 18.5 Å². The van der Waals surface area contributed by atoms with Crippen LogP contribution in [0.5, 0.6) is 0 Å². The largest absolute Gasteiger partial charge is 0.345 e. The minimum absolute atomic E-state index is 0.141. The average molecular weight is 282 g/mol. The SMILES string of the molecule is CCOC1(OS(C)(C)C(C)(C)C)Cc2ccccc21. The van der Waals surface area contributed by atoms with E-state index in [0.717, 1.165) is 6.42 Å². The number of hydrogen-bond donors (Lipinski definition) is 0. The van der Waals surface area contributed by atoms with Crippen molar-refractivity contribution in [3.63, 3.8) is 0 Å². The summed E-state index contributed by atoms with van der Waals surface area (Å²) in [5.74, 6) is -0.516. The third-order valence-corrected chi connectivity index (χ3v) is 7.68. The zero-order valence-electron chi connectivity index (χ0n) is 12.9. The first kappa shape index (κ1) is 14.9. The summed E-state index contributed by atoms with van der Waals surface area (Å²) in [7, 11) is -1.21. The van der Waals surface area contributed by atoms with Gasteiger partial charge in [0.25, 0.3) is 0 Å². The van der Waals surface area contributed by atoms with Gasteiger partial charge >= 0.3 is 0 Å². The molecule has 0 spiro atoms. The van der Waals surface area contributed by atoms with E-state index in [0.29, 0.717) is 6.61 Å². The first-order valence-electron chi connectivity index (χ1n) is 6.88. The Bertz CT molecular complexity index is 462. The minimum atomic E-state index is -1.21. The molecule has 2 nitrogen and oxygen atoms in total. The van der Waals surface area contributed by atoms with Gasteiger partial charge < -0.3 is 4.74 Å². The van der Waals surface area contributed by atoms with E-state index >= 15 is 0 Å². The molecule has 1 aromatic rings. The molecule has 2 rings (SSSR count). The van der Waals surface area contributed by atoms with E-state index in [2.05, 4.69) is 57.5 Å². The molecular weight excluding hydrogens is 256 g/mol. The predicted octanol–water partition coefficient (Wildman–Crippen LogP) is 4.23. The maximum absolute atomic E-state index is 6.55. The minimum Gasteiger partial charge on any atom is -0.345 e. The summed E-state index contributed by atoms with van der Waals surface area (Å²) in [5.41, 5.74) is 2.56. The summed E-state index contributed by atoms with van der Waals surface area (Å²) >= 11 is 0. The Kier molecular flexibility index (Phi) is 3.76. The van der Waals surface area contributed by atoms with Gasteiger partial charge in [0.05, 0.1) is 0 Å². The molecule has 0 radical (unpaired) electrons. The van der Waals surface area contributed by atoms with E-state index in [9.17, 15) is 0 Å². The van der Waals surface area contributed by atoms with E-state index in [1.54, 1.807) is 0 Å². The Balaban J connectivity index is 2.30. The van der Waals surface area contributed by atoms with Crippen LogP contribution in [0, 0.1) is 0 Å². The third kappa shape index (κ3) is 2.56. The highest BCUT2D eigenvalue weighted by Gasteiger charge is 2.49. The normalized spacial score (nSPS) is 23.7. The van der Waals surface area contributed by atoms with Crippen LogP contribution >= 0.6 is 10.3 Å². The molecule has 1 unspecified atom stereocenters. The van der Waals surface area contributed by atoms with Crippen LogP contribution in [0.3, 0.4) is 0 Å². The lowest BCUT2D eigenvalue weighted by Crippen LogP contribution is -2.46. The van der Waals surface area contributed by atoms with Crippen molar-refractivity contribution in [3.05, 3.63) is 35.4 Å². The van der Waals surface area contributed by atoms with Gasteiger partial charge in [0.15, 0.2) is 0 Å². The van der Waals surface area contributed by atoms with Gasteiger partial charge in [0.2, 0.25) is 5.79 Å². The molecule has 1 aromatic carbocycles. The molecule has 0 amide bonds. The molecule has 0 aromatic heterocycles. The van der Waals surface area contributed by atoms with Gasteiger partial charge in [-0.15, -0.1) is 10.3 Å². The molecule has 19 heavy (non-hydrogen) atoms. The molecule has 0 heterocycles. The van der Waals surface area contributed by atoms with Crippen molar-refractivity contribution in [1.29, 1.82) is 0 Å². The number of benzene rings is 1. The Morgan fingerprint density at radius 1 is 1.21 bits per heavy atom. The lowest BCUT2D eigenvalue weighted by atomic mass is 9.82. The summed E-state index contributed by atoms with van der Waals surface area (Å²) in [6.45, 7) is 9.44. The molecule has 108 valence electrons. The lowest BCUT2D eigenvalue weighted by molar-refractivity contribution is -0.199. The van der Waals surface area contributed by atoms with Gasteiger partial charge in [-0.1, -0.05) is 45.0 Å². The molecule has 1 aliphatic rings. The summed E-state index contributed by atoms with van der Waals surface area (Å²) in [6.07, 6.45) is 5.33. The Morgan fingerprint density at radius 3 is 2.37 bits per heavy atom. The summed E-state index contributed by atoms with van der Waals surface area (Å²) in [6, 6.07) is 8.44. The van der Waals surface area contributed by atoms with E-state index in [4.69, 9.17) is 8.92 Å². The van der Waals surface area contributed by atoms with E-state index in [1.807, 2.05) is 6.92 Å². The summed E-state index contributed by atoms with van der Waals surface area (Å²) in [4.78, 5) is 0. The summed E-state index contributed by atoms with van der Waals surface area (Å²) < 4.78 is 12.7. The van der Waals surface area contributed by atoms with Gasteiger partial charge in [0, 0.05) is 23.3 Å². The number of ether oxygens (including phenoxy) is 1. The second-order valence-electron chi connectivity index (χ2n) is 6.45. The van der Waals surface area contributed by atoms with Crippen LogP contribution in [-0.4, -0.2) is 23.9 Å². The van der Waals surface area contributed by atoms with Crippen molar-refractivity contribution in [2.24, 2.45) is 0 Å². The van der Waals surface area contributed by atoms with E-state index in [-0.39, 0.29) is 4.75 Å². The molecule has 0 N–H and O–H groups in total. The van der Waals surface area contributed by atoms with Crippen molar-refractivity contribution in [2.75, 3.05) is 19.1 Å². The third-order valence-electron chi connectivity index (χ3n) is 4.05. The van der Waals surface area contributed by atoms with Crippen LogP contribution in [0.4, 0.5) is 0 Å². The van der Waals surface area contributed by atoms with E-state index in [1.165, 1.54) is 11.1 Å². The van der Waals surface area contributed by atoms with Crippen LogP contribution in [0.15, 0.2) is 24.3 Å². The standard InChI is InChI=1S/C16H26O2S/c1-7-17-16(18-19(5,6)15(2,3)4)12-13-10-8-9-11-14(13)16/h8-11H,7,12H2,1-6H3. The Hall–Kier alpha value is -0.510. The van der Waals surface area contributed by atoms with Crippen molar-refractivity contribution in [3.8, 4) is 0 Å².